The minimum atomic E-state index is -3.73. The summed E-state index contributed by atoms with van der Waals surface area (Å²) in [6.07, 6.45) is 0.899. The molecule has 11 heteroatoms. The first-order valence-corrected chi connectivity index (χ1v) is 13.7. The lowest BCUT2D eigenvalue weighted by Gasteiger charge is -2.34. The minimum Gasteiger partial charge on any atom is -0.478 e. The third-order valence-corrected chi connectivity index (χ3v) is 8.47. The van der Waals surface area contributed by atoms with E-state index in [1.807, 2.05) is 0 Å². The van der Waals surface area contributed by atoms with Gasteiger partial charge < -0.3 is 19.7 Å². The molecular formula is C26H32FN3O6S. The highest BCUT2D eigenvalue weighted by Crippen LogP contribution is 2.23. The predicted octanol–water partition coefficient (Wildman–Crippen LogP) is 2.42. The second-order valence-corrected chi connectivity index (χ2v) is 11.6. The van der Waals surface area contributed by atoms with Gasteiger partial charge >= 0.3 is 0 Å². The number of amides is 2. The third-order valence-electron chi connectivity index (χ3n) is 6.56. The summed E-state index contributed by atoms with van der Waals surface area (Å²) >= 11 is 0. The molecule has 0 aliphatic carbocycles. The number of nitrogens with one attached hydrogen (secondary N) is 1. The standard InChI is InChI=1S/C26H32FN3O6S/c1-26(2,36-22-7-5-20(27)6-8-22)25(32)28-21-11-13-30(14-12-21)37(33,34)23-9-3-19(4-10-23)24(31)29-15-17-35-18-16-29/h3-10,21H,11-18H2,1-2H3,(H,28,32). The van der Waals surface area contributed by atoms with Crippen LogP contribution in [0, 0.1) is 5.82 Å². The Morgan fingerprint density at radius 1 is 0.973 bits per heavy atom. The van der Waals surface area contributed by atoms with Gasteiger partial charge in [-0.2, -0.15) is 4.31 Å². The first kappa shape index (κ1) is 27.0. The molecule has 0 bridgehead atoms. The molecule has 200 valence electrons. The lowest BCUT2D eigenvalue weighted by molar-refractivity contribution is -0.135. The van der Waals surface area contributed by atoms with Crippen molar-refractivity contribution in [1.29, 1.82) is 0 Å². The molecule has 9 nitrogen and oxygen atoms in total. The van der Waals surface area contributed by atoms with Crippen LogP contribution in [0.5, 0.6) is 5.75 Å². The highest BCUT2D eigenvalue weighted by Gasteiger charge is 2.35. The molecule has 2 fully saturated rings. The molecule has 1 N–H and O–H groups in total. The summed E-state index contributed by atoms with van der Waals surface area (Å²) in [7, 11) is -3.73. The predicted molar refractivity (Wildman–Crippen MR) is 134 cm³/mol. The molecule has 0 spiro atoms. The summed E-state index contributed by atoms with van der Waals surface area (Å²) in [5.74, 6) is -0.498. The fourth-order valence-electron chi connectivity index (χ4n) is 4.31. The summed E-state index contributed by atoms with van der Waals surface area (Å²) in [6.45, 7) is 5.76. The highest BCUT2D eigenvalue weighted by atomic mass is 32.2. The molecule has 37 heavy (non-hydrogen) atoms. The van der Waals surface area contributed by atoms with E-state index in [1.54, 1.807) is 30.9 Å². The number of ether oxygens (including phenoxy) is 2. The zero-order chi connectivity index (χ0) is 26.6. The van der Waals surface area contributed by atoms with E-state index < -0.39 is 21.4 Å². The molecule has 0 radical (unpaired) electrons. The van der Waals surface area contributed by atoms with Crippen LogP contribution in [-0.2, 0) is 19.6 Å². The number of carbonyl (C=O) groups excluding carboxylic acids is 2. The van der Waals surface area contributed by atoms with Crippen molar-refractivity contribution in [1.82, 2.24) is 14.5 Å². The molecule has 4 rings (SSSR count). The van der Waals surface area contributed by atoms with Crippen LogP contribution in [0.2, 0.25) is 0 Å². The zero-order valence-electron chi connectivity index (χ0n) is 21.0. The Labute approximate surface area is 216 Å². The minimum absolute atomic E-state index is 0.127. The molecule has 2 aliphatic heterocycles. The number of halogens is 1. The number of hydrogen-bond donors (Lipinski definition) is 1. The fraction of sp³-hybridized carbons (Fsp3) is 0.462. The number of rotatable bonds is 7. The summed E-state index contributed by atoms with van der Waals surface area (Å²) < 4.78 is 51.9. The van der Waals surface area contributed by atoms with E-state index in [1.165, 1.54) is 40.7 Å². The molecule has 2 aromatic carbocycles. The number of piperidine rings is 1. The Kier molecular flexibility index (Phi) is 8.15. The highest BCUT2D eigenvalue weighted by molar-refractivity contribution is 7.89. The number of nitrogens with zero attached hydrogens (tertiary/aromatic N) is 2. The first-order valence-electron chi connectivity index (χ1n) is 12.3. The van der Waals surface area contributed by atoms with Crippen molar-refractivity contribution >= 4 is 21.8 Å². The van der Waals surface area contributed by atoms with Gasteiger partial charge in [-0.1, -0.05) is 0 Å². The maximum atomic E-state index is 13.2. The van der Waals surface area contributed by atoms with Crippen molar-refractivity contribution in [2.75, 3.05) is 39.4 Å². The quantitative estimate of drug-likeness (QED) is 0.586. The van der Waals surface area contributed by atoms with Gasteiger partial charge in [-0.15, -0.1) is 0 Å². The Balaban J connectivity index is 1.31. The third kappa shape index (κ3) is 6.46. The van der Waals surface area contributed by atoms with Gasteiger partial charge in [0.1, 0.15) is 11.6 Å². The van der Waals surface area contributed by atoms with Gasteiger partial charge in [0.15, 0.2) is 5.60 Å². The summed E-state index contributed by atoms with van der Waals surface area (Å²) in [5.41, 5.74) is -0.755. The van der Waals surface area contributed by atoms with Crippen LogP contribution in [0.3, 0.4) is 0 Å². The van der Waals surface area contributed by atoms with E-state index in [2.05, 4.69) is 5.32 Å². The molecule has 2 amide bonds. The van der Waals surface area contributed by atoms with E-state index in [9.17, 15) is 22.4 Å². The van der Waals surface area contributed by atoms with E-state index in [0.717, 1.165) is 0 Å². The number of morpholine rings is 1. The maximum absolute atomic E-state index is 13.2. The molecule has 0 atom stereocenters. The average molecular weight is 534 g/mol. The van der Waals surface area contributed by atoms with Crippen LogP contribution in [0.1, 0.15) is 37.0 Å². The van der Waals surface area contributed by atoms with E-state index in [4.69, 9.17) is 9.47 Å². The van der Waals surface area contributed by atoms with Crippen molar-refractivity contribution in [2.24, 2.45) is 0 Å². The van der Waals surface area contributed by atoms with Crippen molar-refractivity contribution < 1.29 is 31.9 Å². The van der Waals surface area contributed by atoms with Crippen molar-refractivity contribution in [3.8, 4) is 5.75 Å². The van der Waals surface area contributed by atoms with Gasteiger partial charge in [-0.3, -0.25) is 9.59 Å². The van der Waals surface area contributed by atoms with Gasteiger partial charge in [-0.25, -0.2) is 12.8 Å². The SMILES string of the molecule is CC(C)(Oc1ccc(F)cc1)C(=O)NC1CCN(S(=O)(=O)c2ccc(C(=O)N3CCOCC3)cc2)CC1. The smallest absolute Gasteiger partial charge is 0.263 e. The van der Waals surface area contributed by atoms with Crippen LogP contribution < -0.4 is 10.1 Å². The van der Waals surface area contributed by atoms with Gasteiger partial charge in [0.05, 0.1) is 18.1 Å². The summed E-state index contributed by atoms with van der Waals surface area (Å²) in [5, 5.41) is 2.94. The van der Waals surface area contributed by atoms with E-state index in [0.29, 0.717) is 50.5 Å². The zero-order valence-corrected chi connectivity index (χ0v) is 21.8. The summed E-state index contributed by atoms with van der Waals surface area (Å²) in [4.78, 5) is 27.3. The van der Waals surface area contributed by atoms with Gasteiger partial charge in [0, 0.05) is 37.8 Å². The Morgan fingerprint density at radius 3 is 2.16 bits per heavy atom. The van der Waals surface area contributed by atoms with Crippen molar-refractivity contribution in [3.63, 3.8) is 0 Å². The molecule has 2 aliphatic rings. The molecule has 0 unspecified atom stereocenters. The molecule has 2 heterocycles. The molecule has 0 saturated carbocycles. The second-order valence-electron chi connectivity index (χ2n) is 9.65. The average Bonchev–Trinajstić information content (AvgIpc) is 2.90. The lowest BCUT2D eigenvalue weighted by Crippen LogP contribution is -2.53. The number of benzene rings is 2. The van der Waals surface area contributed by atoms with Crippen LogP contribution >= 0.6 is 0 Å². The van der Waals surface area contributed by atoms with Crippen LogP contribution in [0.25, 0.3) is 0 Å². The Hall–Kier alpha value is -3.02. The van der Waals surface area contributed by atoms with Gasteiger partial charge in [-0.05, 0) is 75.2 Å². The van der Waals surface area contributed by atoms with Crippen LogP contribution in [0.4, 0.5) is 4.39 Å². The van der Waals surface area contributed by atoms with Crippen molar-refractivity contribution in [3.05, 3.63) is 59.9 Å². The molecule has 2 saturated heterocycles. The van der Waals surface area contributed by atoms with Gasteiger partial charge in [0.25, 0.3) is 11.8 Å². The molecule has 2 aromatic rings. The van der Waals surface area contributed by atoms with Gasteiger partial charge in [0.2, 0.25) is 10.0 Å². The Bertz CT molecular complexity index is 1200. The topological polar surface area (TPSA) is 105 Å². The largest absolute Gasteiger partial charge is 0.478 e. The number of sulfonamides is 1. The first-order chi connectivity index (χ1) is 17.6. The Morgan fingerprint density at radius 2 is 1.57 bits per heavy atom. The molecule has 0 aromatic heterocycles. The monoisotopic (exact) mass is 533 g/mol. The number of hydrogen-bond acceptors (Lipinski definition) is 6. The van der Waals surface area contributed by atoms with Crippen molar-refractivity contribution in [2.45, 2.75) is 43.2 Å². The number of carbonyl (C=O) groups is 2. The summed E-state index contributed by atoms with van der Waals surface area (Å²) in [6, 6.07) is 11.2. The fourth-order valence-corrected chi connectivity index (χ4v) is 5.78. The van der Waals surface area contributed by atoms with Crippen LogP contribution in [0.15, 0.2) is 53.4 Å². The van der Waals surface area contributed by atoms with E-state index >= 15 is 0 Å². The normalized spacial score (nSPS) is 17.9. The second kappa shape index (κ2) is 11.2. The molecular weight excluding hydrogens is 501 g/mol. The van der Waals surface area contributed by atoms with E-state index in [-0.39, 0.29) is 35.8 Å². The van der Waals surface area contributed by atoms with Crippen LogP contribution in [-0.4, -0.2) is 80.5 Å². The maximum Gasteiger partial charge on any atom is 0.263 e. The lowest BCUT2D eigenvalue weighted by atomic mass is 10.0.